The van der Waals surface area contributed by atoms with Gasteiger partial charge < -0.3 is 28.6 Å². The van der Waals surface area contributed by atoms with Crippen molar-refractivity contribution in [1.82, 2.24) is 14.4 Å². The summed E-state index contributed by atoms with van der Waals surface area (Å²) in [7, 11) is 1.71. The van der Waals surface area contributed by atoms with Crippen LogP contribution in [0.1, 0.15) is 53.0 Å². The number of aromatic nitrogens is 1. The Balaban J connectivity index is 1.80. The van der Waals surface area contributed by atoms with Gasteiger partial charge in [-0.1, -0.05) is 25.1 Å². The van der Waals surface area contributed by atoms with Crippen LogP contribution in [0.4, 0.5) is 4.79 Å². The number of rotatable bonds is 9. The van der Waals surface area contributed by atoms with E-state index in [2.05, 4.69) is 36.7 Å². The Bertz CT molecular complexity index is 996. The van der Waals surface area contributed by atoms with Gasteiger partial charge in [0.1, 0.15) is 5.60 Å². The molecule has 2 heterocycles. The lowest BCUT2D eigenvalue weighted by Gasteiger charge is -2.37. The third kappa shape index (κ3) is 6.98. The Morgan fingerprint density at radius 3 is 2.69 bits per heavy atom. The molecule has 0 N–H and O–H groups in total. The summed E-state index contributed by atoms with van der Waals surface area (Å²) in [6.45, 7) is 12.6. The Kier molecular flexibility index (Phi) is 9.19. The van der Waals surface area contributed by atoms with E-state index in [1.165, 1.54) is 0 Å². The lowest BCUT2D eigenvalue weighted by Crippen LogP contribution is -2.54. The Morgan fingerprint density at radius 2 is 2.00 bits per heavy atom. The van der Waals surface area contributed by atoms with E-state index in [0.29, 0.717) is 26.3 Å². The van der Waals surface area contributed by atoms with E-state index >= 15 is 0 Å². The predicted molar refractivity (Wildman–Crippen MR) is 136 cm³/mol. The lowest BCUT2D eigenvalue weighted by atomic mass is 10.1. The molecular formula is C27H41N3O5. The van der Waals surface area contributed by atoms with Gasteiger partial charge in [0, 0.05) is 56.5 Å². The number of amides is 2. The first-order valence-electron chi connectivity index (χ1n) is 12.6. The fourth-order valence-electron chi connectivity index (χ4n) is 4.34. The van der Waals surface area contributed by atoms with E-state index in [1.807, 2.05) is 37.8 Å². The van der Waals surface area contributed by atoms with Crippen molar-refractivity contribution in [2.45, 2.75) is 78.3 Å². The van der Waals surface area contributed by atoms with Crippen LogP contribution in [0.2, 0.25) is 0 Å². The van der Waals surface area contributed by atoms with Crippen molar-refractivity contribution in [1.29, 1.82) is 0 Å². The van der Waals surface area contributed by atoms with E-state index < -0.39 is 17.8 Å². The molecule has 8 heteroatoms. The number of hydrogen-bond donors (Lipinski definition) is 0. The summed E-state index contributed by atoms with van der Waals surface area (Å²) in [5, 5.41) is 1.14. The van der Waals surface area contributed by atoms with Crippen molar-refractivity contribution >= 4 is 22.9 Å². The molecule has 0 aliphatic carbocycles. The number of aryl methyl sites for hydroxylation is 1. The van der Waals surface area contributed by atoms with E-state index in [1.54, 1.807) is 12.0 Å². The van der Waals surface area contributed by atoms with Gasteiger partial charge in [-0.3, -0.25) is 4.79 Å². The first-order chi connectivity index (χ1) is 16.6. The summed E-state index contributed by atoms with van der Waals surface area (Å²) >= 11 is 0. The van der Waals surface area contributed by atoms with Gasteiger partial charge in [0.25, 0.3) is 5.91 Å². The zero-order chi connectivity index (χ0) is 25.6. The third-order valence-corrected chi connectivity index (χ3v) is 6.36. The van der Waals surface area contributed by atoms with Crippen molar-refractivity contribution < 1.29 is 23.8 Å². The van der Waals surface area contributed by atoms with Crippen molar-refractivity contribution in [2.75, 3.05) is 33.4 Å². The molecule has 1 fully saturated rings. The molecule has 1 unspecified atom stereocenters. The van der Waals surface area contributed by atoms with Crippen LogP contribution in [0.15, 0.2) is 30.5 Å². The standard InChI is InChI=1S/C27H41N3O5/c1-7-20(2)30(25(31)24-19-29(14-16-34-24)26(32)35-27(3,4)5)18-21-17-28(13-10-15-33-6)23-12-9-8-11-22(21)23/h8-9,11-12,17,20,24H,7,10,13-16,18-19H2,1-6H3/t20?,24-/m1/s1. The lowest BCUT2D eigenvalue weighted by molar-refractivity contribution is -0.151. The third-order valence-electron chi connectivity index (χ3n) is 6.36. The summed E-state index contributed by atoms with van der Waals surface area (Å²) in [6.07, 6.45) is 2.77. The molecule has 1 aromatic carbocycles. The molecule has 194 valence electrons. The number of morpholine rings is 1. The van der Waals surface area contributed by atoms with Crippen LogP contribution in [-0.2, 0) is 32.1 Å². The highest BCUT2D eigenvalue weighted by atomic mass is 16.6. The fourth-order valence-corrected chi connectivity index (χ4v) is 4.34. The van der Waals surface area contributed by atoms with Crippen LogP contribution in [-0.4, -0.2) is 77.5 Å². The average Bonchev–Trinajstić information content (AvgIpc) is 3.18. The topological polar surface area (TPSA) is 73.2 Å². The predicted octanol–water partition coefficient (Wildman–Crippen LogP) is 4.44. The number of fused-ring (bicyclic) bond motifs is 1. The molecule has 0 bridgehead atoms. The SMILES string of the molecule is CCC(C)N(Cc1cn(CCCOC)c2ccccc12)C(=O)[C@H]1CN(C(=O)OC(C)(C)C)CCO1. The van der Waals surface area contributed by atoms with Crippen molar-refractivity contribution in [3.8, 4) is 0 Å². The maximum absolute atomic E-state index is 13.7. The number of para-hydroxylation sites is 1. The number of methoxy groups -OCH3 is 1. The molecule has 35 heavy (non-hydrogen) atoms. The van der Waals surface area contributed by atoms with E-state index in [9.17, 15) is 9.59 Å². The van der Waals surface area contributed by atoms with Gasteiger partial charge in [-0.15, -0.1) is 0 Å². The van der Waals surface area contributed by atoms with Gasteiger partial charge in [0.15, 0.2) is 6.10 Å². The Labute approximate surface area is 209 Å². The second-order valence-corrected chi connectivity index (χ2v) is 10.2. The summed E-state index contributed by atoms with van der Waals surface area (Å²) < 4.78 is 18.8. The molecule has 1 aliphatic rings. The van der Waals surface area contributed by atoms with Gasteiger partial charge in [-0.25, -0.2) is 4.79 Å². The number of benzene rings is 1. The highest BCUT2D eigenvalue weighted by Crippen LogP contribution is 2.25. The zero-order valence-corrected chi connectivity index (χ0v) is 22.1. The van der Waals surface area contributed by atoms with Crippen LogP contribution in [0.25, 0.3) is 10.9 Å². The molecule has 2 amide bonds. The average molecular weight is 488 g/mol. The maximum Gasteiger partial charge on any atom is 0.410 e. The van der Waals surface area contributed by atoms with Gasteiger partial charge in [-0.2, -0.15) is 0 Å². The molecule has 0 saturated carbocycles. The second kappa shape index (κ2) is 11.9. The molecule has 1 aromatic heterocycles. The summed E-state index contributed by atoms with van der Waals surface area (Å²) in [5.41, 5.74) is 1.67. The van der Waals surface area contributed by atoms with Gasteiger partial charge >= 0.3 is 6.09 Å². The minimum absolute atomic E-state index is 0.0265. The molecule has 0 spiro atoms. The monoisotopic (exact) mass is 487 g/mol. The van der Waals surface area contributed by atoms with Gasteiger partial charge in [0.2, 0.25) is 0 Å². The fraction of sp³-hybridized carbons (Fsp3) is 0.630. The molecular weight excluding hydrogens is 446 g/mol. The number of hydrogen-bond acceptors (Lipinski definition) is 5. The van der Waals surface area contributed by atoms with E-state index in [0.717, 1.165) is 35.9 Å². The molecule has 2 atom stereocenters. The minimum Gasteiger partial charge on any atom is -0.444 e. The Morgan fingerprint density at radius 1 is 1.26 bits per heavy atom. The smallest absolute Gasteiger partial charge is 0.410 e. The number of nitrogens with zero attached hydrogens (tertiary/aromatic N) is 3. The van der Waals surface area contributed by atoms with Crippen molar-refractivity contribution in [3.05, 3.63) is 36.0 Å². The highest BCUT2D eigenvalue weighted by Gasteiger charge is 2.35. The van der Waals surface area contributed by atoms with Crippen LogP contribution in [0, 0.1) is 0 Å². The Hall–Kier alpha value is -2.58. The number of ether oxygens (including phenoxy) is 3. The first-order valence-corrected chi connectivity index (χ1v) is 12.6. The summed E-state index contributed by atoms with van der Waals surface area (Å²) in [6, 6.07) is 8.32. The van der Waals surface area contributed by atoms with Crippen LogP contribution < -0.4 is 0 Å². The molecule has 0 radical (unpaired) electrons. The quantitative estimate of drug-likeness (QED) is 0.489. The summed E-state index contributed by atoms with van der Waals surface area (Å²) in [5.74, 6) is -0.0937. The molecule has 1 saturated heterocycles. The first kappa shape index (κ1) is 27.0. The van der Waals surface area contributed by atoms with Crippen LogP contribution in [0.5, 0.6) is 0 Å². The molecule has 3 rings (SSSR count). The van der Waals surface area contributed by atoms with Crippen LogP contribution in [0.3, 0.4) is 0 Å². The zero-order valence-electron chi connectivity index (χ0n) is 22.1. The van der Waals surface area contributed by atoms with Crippen molar-refractivity contribution in [2.24, 2.45) is 0 Å². The second-order valence-electron chi connectivity index (χ2n) is 10.2. The number of carbonyl (C=O) groups is 2. The molecule has 1 aliphatic heterocycles. The maximum atomic E-state index is 13.7. The minimum atomic E-state index is -0.708. The highest BCUT2D eigenvalue weighted by molar-refractivity contribution is 5.86. The molecule has 2 aromatic rings. The normalized spacial score (nSPS) is 17.4. The van der Waals surface area contributed by atoms with E-state index in [-0.39, 0.29) is 18.5 Å². The van der Waals surface area contributed by atoms with Gasteiger partial charge in [-0.05, 0) is 52.2 Å². The number of carbonyl (C=O) groups excluding carboxylic acids is 2. The van der Waals surface area contributed by atoms with Crippen LogP contribution >= 0.6 is 0 Å². The summed E-state index contributed by atoms with van der Waals surface area (Å²) in [4.78, 5) is 29.8. The van der Waals surface area contributed by atoms with Gasteiger partial charge in [0.05, 0.1) is 13.2 Å². The largest absolute Gasteiger partial charge is 0.444 e. The van der Waals surface area contributed by atoms with Crippen molar-refractivity contribution in [3.63, 3.8) is 0 Å². The van der Waals surface area contributed by atoms with E-state index in [4.69, 9.17) is 14.2 Å². The molecule has 8 nitrogen and oxygen atoms in total.